The fourth-order valence-electron chi connectivity index (χ4n) is 6.57. The maximum atomic E-state index is 14.4. The highest BCUT2D eigenvalue weighted by Crippen LogP contribution is 2.21. The van der Waals surface area contributed by atoms with Gasteiger partial charge in [-0.05, 0) is 51.4 Å². The summed E-state index contributed by atoms with van der Waals surface area (Å²) >= 11 is 1.37. The Morgan fingerprint density at radius 3 is 1.71 bits per heavy atom. The van der Waals surface area contributed by atoms with Crippen molar-refractivity contribution < 1.29 is 33.9 Å². The fourth-order valence-corrected chi connectivity index (χ4v) is 7.32. The third-order valence-corrected chi connectivity index (χ3v) is 10.6. The number of carbonyl (C=O) groups excluding carboxylic acids is 5. The van der Waals surface area contributed by atoms with Crippen molar-refractivity contribution in [3.63, 3.8) is 0 Å². The second-order valence-electron chi connectivity index (χ2n) is 14.1. The monoisotopic (exact) mass is 800 g/mol. The molecule has 2 aliphatic heterocycles. The number of amides is 5. The van der Waals surface area contributed by atoms with Gasteiger partial charge in [0.25, 0.3) is 0 Å². The zero-order chi connectivity index (χ0) is 41.0. The average Bonchev–Trinajstić information content (AvgIpc) is 3.74. The standard InChI is InChI=1S/C44H44N6O7S/c45-34-26-39(51)46-32-19-15-29(16-20-32)24-38(44(56)57)50-42(54)35(22-27-8-3-1-4-9-27)48-41(53)36(23-28-13-17-31(18-14-28)30-10-5-2-6-11-30)49-43(55)37(47-40(34)52)25-33-12-7-21-58-33/h1-21,34-38H,22-26,45H2,(H,46,51)(H,47,52)(H,48,53)(H,49,55)(H,50,54)(H,56,57)/t34-,35+,36-,37+,38-/m0/s1. The predicted molar refractivity (Wildman–Crippen MR) is 220 cm³/mol. The molecule has 0 saturated carbocycles. The Morgan fingerprint density at radius 2 is 1.12 bits per heavy atom. The van der Waals surface area contributed by atoms with Crippen molar-refractivity contribution >= 4 is 52.5 Å². The summed E-state index contributed by atoms with van der Waals surface area (Å²) in [4.78, 5) is 82.2. The molecule has 0 radical (unpaired) electrons. The van der Waals surface area contributed by atoms with Crippen LogP contribution in [0.1, 0.15) is 28.0 Å². The molecule has 3 heterocycles. The van der Waals surface area contributed by atoms with Crippen LogP contribution in [0.4, 0.5) is 5.69 Å². The largest absolute Gasteiger partial charge is 0.480 e. The summed E-state index contributed by atoms with van der Waals surface area (Å²) in [7, 11) is 0. The fraction of sp³-hybridized carbons (Fsp3) is 0.227. The first-order valence-electron chi connectivity index (χ1n) is 18.8. The molecule has 0 spiro atoms. The summed E-state index contributed by atoms with van der Waals surface area (Å²) in [5.41, 5.74) is 10.4. The second-order valence-corrected chi connectivity index (χ2v) is 15.1. The molecule has 2 bridgehead atoms. The summed E-state index contributed by atoms with van der Waals surface area (Å²) in [5.74, 6) is -4.74. The Balaban J connectivity index is 1.35. The third kappa shape index (κ3) is 11.5. The topological polar surface area (TPSA) is 209 Å². The van der Waals surface area contributed by atoms with Crippen molar-refractivity contribution in [3.05, 3.63) is 148 Å². The lowest BCUT2D eigenvalue weighted by Gasteiger charge is -2.27. The number of aliphatic carboxylic acids is 1. The van der Waals surface area contributed by atoms with E-state index in [9.17, 15) is 33.9 Å². The lowest BCUT2D eigenvalue weighted by molar-refractivity contribution is -0.142. The van der Waals surface area contributed by atoms with Crippen molar-refractivity contribution in [2.45, 2.75) is 62.3 Å². The first kappa shape index (κ1) is 41.0. The SMILES string of the molecule is N[C@H]1CC(=O)Nc2ccc(cc2)C[C@@H](C(=O)O)NC(=O)[C@@H](Cc2ccccc2)NC(=O)[C@H](Cc2ccc(-c3ccccc3)cc2)NC(=O)[C@@H](Cc2cccs2)NC1=O. The minimum Gasteiger partial charge on any atom is -0.480 e. The summed E-state index contributed by atoms with van der Waals surface area (Å²) in [6.45, 7) is 0. The zero-order valence-corrected chi connectivity index (χ0v) is 32.2. The van der Waals surface area contributed by atoms with Gasteiger partial charge in [-0.15, -0.1) is 11.3 Å². The number of fused-ring (bicyclic) bond motifs is 18. The molecule has 5 aromatic rings. The molecule has 14 heteroatoms. The normalized spacial score (nSPS) is 21.1. The van der Waals surface area contributed by atoms with Gasteiger partial charge in [-0.25, -0.2) is 4.79 Å². The number of benzene rings is 4. The van der Waals surface area contributed by atoms with E-state index >= 15 is 0 Å². The summed E-state index contributed by atoms with van der Waals surface area (Å²) in [6, 6.07) is 29.7. The number of nitrogens with one attached hydrogen (secondary N) is 5. The van der Waals surface area contributed by atoms with Crippen molar-refractivity contribution in [1.29, 1.82) is 0 Å². The third-order valence-electron chi connectivity index (χ3n) is 9.70. The van der Waals surface area contributed by atoms with Crippen molar-refractivity contribution in [1.82, 2.24) is 21.3 Å². The van der Waals surface area contributed by atoms with E-state index in [1.165, 1.54) is 11.3 Å². The molecule has 0 fully saturated rings. The van der Waals surface area contributed by atoms with E-state index in [1.54, 1.807) is 60.7 Å². The number of thiophene rings is 1. The van der Waals surface area contributed by atoms with E-state index in [4.69, 9.17) is 5.73 Å². The van der Waals surface area contributed by atoms with Crippen LogP contribution in [0.2, 0.25) is 0 Å². The van der Waals surface area contributed by atoms with Crippen LogP contribution >= 0.6 is 11.3 Å². The molecule has 298 valence electrons. The predicted octanol–water partition coefficient (Wildman–Crippen LogP) is 3.38. The minimum absolute atomic E-state index is 0.000748. The van der Waals surface area contributed by atoms with Gasteiger partial charge in [0.2, 0.25) is 29.5 Å². The lowest BCUT2D eigenvalue weighted by Crippen LogP contribution is -2.59. The van der Waals surface area contributed by atoms with E-state index in [0.717, 1.165) is 16.0 Å². The van der Waals surface area contributed by atoms with Crippen LogP contribution in [0.5, 0.6) is 0 Å². The quantitative estimate of drug-likeness (QED) is 0.116. The van der Waals surface area contributed by atoms with E-state index in [0.29, 0.717) is 22.4 Å². The molecule has 5 atom stereocenters. The summed E-state index contributed by atoms with van der Waals surface area (Å²) < 4.78 is 0. The molecular formula is C44H44N6O7S. The van der Waals surface area contributed by atoms with Crippen molar-refractivity contribution in [2.75, 3.05) is 5.32 Å². The number of hydrogen-bond donors (Lipinski definition) is 7. The van der Waals surface area contributed by atoms with Crippen LogP contribution in [-0.2, 0) is 54.5 Å². The summed E-state index contributed by atoms with van der Waals surface area (Å²) in [6.07, 6.45) is -0.424. The number of nitrogens with two attached hydrogens (primary N) is 1. The number of carboxylic acid groups (broad SMARTS) is 1. The second kappa shape index (κ2) is 19.5. The molecule has 0 aliphatic carbocycles. The summed E-state index contributed by atoms with van der Waals surface area (Å²) in [5, 5.41) is 25.6. The molecule has 1 aromatic heterocycles. The Kier molecular flexibility index (Phi) is 13.8. The maximum Gasteiger partial charge on any atom is 0.326 e. The first-order valence-corrected chi connectivity index (χ1v) is 19.7. The van der Waals surface area contributed by atoms with Gasteiger partial charge in [0, 0.05) is 36.2 Å². The maximum absolute atomic E-state index is 14.4. The average molecular weight is 801 g/mol. The number of rotatable bonds is 8. The molecule has 13 nitrogen and oxygen atoms in total. The van der Waals surface area contributed by atoms with Gasteiger partial charge in [-0.2, -0.15) is 0 Å². The zero-order valence-electron chi connectivity index (χ0n) is 31.4. The Hall–Kier alpha value is -6.64. The molecule has 7 rings (SSSR count). The molecule has 4 aromatic carbocycles. The highest BCUT2D eigenvalue weighted by atomic mass is 32.1. The van der Waals surface area contributed by atoms with Crippen LogP contribution < -0.4 is 32.3 Å². The van der Waals surface area contributed by atoms with Crippen LogP contribution in [-0.4, -0.2) is 70.8 Å². The van der Waals surface area contributed by atoms with Gasteiger partial charge in [0.1, 0.15) is 24.2 Å². The van der Waals surface area contributed by atoms with Gasteiger partial charge >= 0.3 is 5.97 Å². The van der Waals surface area contributed by atoms with Gasteiger partial charge < -0.3 is 37.4 Å². The van der Waals surface area contributed by atoms with Gasteiger partial charge in [-0.3, -0.25) is 24.0 Å². The molecule has 58 heavy (non-hydrogen) atoms. The highest BCUT2D eigenvalue weighted by molar-refractivity contribution is 7.09. The van der Waals surface area contributed by atoms with E-state index in [1.807, 2.05) is 66.0 Å². The number of anilines is 1. The number of carboxylic acids is 1. The molecule has 2 aliphatic rings. The van der Waals surface area contributed by atoms with Crippen molar-refractivity contribution in [3.8, 4) is 11.1 Å². The van der Waals surface area contributed by atoms with Gasteiger partial charge in [0.15, 0.2) is 0 Å². The Labute approximate surface area is 339 Å². The van der Waals surface area contributed by atoms with Crippen LogP contribution in [0.3, 0.4) is 0 Å². The Bertz CT molecular complexity index is 2200. The number of hydrogen-bond acceptors (Lipinski definition) is 8. The van der Waals surface area contributed by atoms with E-state index < -0.39 is 72.1 Å². The van der Waals surface area contributed by atoms with E-state index in [2.05, 4.69) is 26.6 Å². The molecule has 0 unspecified atom stereocenters. The number of carbonyl (C=O) groups is 6. The molecular weight excluding hydrogens is 757 g/mol. The van der Waals surface area contributed by atoms with Crippen molar-refractivity contribution in [2.24, 2.45) is 5.73 Å². The van der Waals surface area contributed by atoms with Gasteiger partial charge in [-0.1, -0.05) is 103 Å². The Morgan fingerprint density at radius 1 is 0.586 bits per heavy atom. The molecule has 8 N–H and O–H groups in total. The molecule has 5 amide bonds. The van der Waals surface area contributed by atoms with Crippen LogP contribution in [0.25, 0.3) is 11.1 Å². The lowest BCUT2D eigenvalue weighted by atomic mass is 9.99. The molecule has 0 saturated heterocycles. The minimum atomic E-state index is -1.37. The highest BCUT2D eigenvalue weighted by Gasteiger charge is 2.33. The van der Waals surface area contributed by atoms with Crippen LogP contribution in [0.15, 0.2) is 127 Å². The van der Waals surface area contributed by atoms with Crippen LogP contribution in [0, 0.1) is 0 Å². The van der Waals surface area contributed by atoms with Gasteiger partial charge in [0.05, 0.1) is 12.5 Å². The smallest absolute Gasteiger partial charge is 0.326 e. The first-order chi connectivity index (χ1) is 28.0. The van der Waals surface area contributed by atoms with E-state index in [-0.39, 0.29) is 25.7 Å².